The Morgan fingerprint density at radius 3 is 2.57 bits per heavy atom. The number of benzene rings is 1. The van der Waals surface area contributed by atoms with Crippen LogP contribution in [-0.4, -0.2) is 31.6 Å². The van der Waals surface area contributed by atoms with E-state index in [9.17, 15) is 9.59 Å². The first-order chi connectivity index (χ1) is 10.2. The average Bonchev–Trinajstić information content (AvgIpc) is 2.50. The van der Waals surface area contributed by atoms with Gasteiger partial charge in [-0.15, -0.1) is 0 Å². The molecule has 0 aliphatic carbocycles. The average molecular weight is 294 g/mol. The van der Waals surface area contributed by atoms with Gasteiger partial charge in [0.2, 0.25) is 5.91 Å². The summed E-state index contributed by atoms with van der Waals surface area (Å²) in [5.41, 5.74) is 5.11. The van der Waals surface area contributed by atoms with E-state index in [0.29, 0.717) is 37.6 Å². The quantitative estimate of drug-likeness (QED) is 0.565. The van der Waals surface area contributed by atoms with E-state index in [-0.39, 0.29) is 5.91 Å². The van der Waals surface area contributed by atoms with E-state index in [1.165, 1.54) is 0 Å². The van der Waals surface area contributed by atoms with Crippen LogP contribution >= 0.6 is 0 Å². The van der Waals surface area contributed by atoms with E-state index in [0.717, 1.165) is 6.42 Å². The summed E-state index contributed by atoms with van der Waals surface area (Å²) in [7, 11) is 0. The van der Waals surface area contributed by atoms with Gasteiger partial charge in [0.25, 0.3) is 5.91 Å². The summed E-state index contributed by atoms with van der Waals surface area (Å²) in [6.07, 6.45) is 1.09. The molecule has 0 spiro atoms. The monoisotopic (exact) mass is 294 g/mol. The molecular formula is C15H22N2O4. The zero-order valence-electron chi connectivity index (χ0n) is 12.5. The summed E-state index contributed by atoms with van der Waals surface area (Å²) in [4.78, 5) is 23.4. The van der Waals surface area contributed by atoms with Gasteiger partial charge < -0.3 is 9.47 Å². The fraction of sp³-hybridized carbons (Fsp3) is 0.467. The number of rotatable bonds is 8. The lowest BCUT2D eigenvalue weighted by Crippen LogP contribution is -2.41. The lowest BCUT2D eigenvalue weighted by atomic mass is 10.2. The maximum atomic E-state index is 12.0. The second-order valence-electron chi connectivity index (χ2n) is 4.29. The number of amides is 2. The molecule has 6 heteroatoms. The summed E-state index contributed by atoms with van der Waals surface area (Å²) >= 11 is 0. The zero-order chi connectivity index (χ0) is 15.5. The van der Waals surface area contributed by atoms with Crippen LogP contribution in [-0.2, 0) is 9.53 Å². The second-order valence-corrected chi connectivity index (χ2v) is 4.29. The lowest BCUT2D eigenvalue weighted by molar-refractivity contribution is -0.121. The van der Waals surface area contributed by atoms with Gasteiger partial charge in [-0.3, -0.25) is 20.4 Å². The number of hydrogen-bond acceptors (Lipinski definition) is 4. The molecule has 1 aromatic rings. The number of carbonyl (C=O) groups is 2. The fourth-order valence-electron chi connectivity index (χ4n) is 1.62. The van der Waals surface area contributed by atoms with Crippen molar-refractivity contribution in [2.24, 2.45) is 0 Å². The van der Waals surface area contributed by atoms with Crippen molar-refractivity contribution in [2.45, 2.75) is 26.7 Å². The van der Waals surface area contributed by atoms with Gasteiger partial charge in [0.15, 0.2) is 0 Å². The van der Waals surface area contributed by atoms with Crippen molar-refractivity contribution in [3.63, 3.8) is 0 Å². The van der Waals surface area contributed by atoms with Crippen LogP contribution < -0.4 is 15.6 Å². The Balaban J connectivity index is 2.56. The number of nitrogens with one attached hydrogen (secondary N) is 2. The summed E-state index contributed by atoms with van der Waals surface area (Å²) in [5.74, 6) is -0.175. The number of para-hydroxylation sites is 1. The molecule has 116 valence electrons. The molecule has 1 rings (SSSR count). The predicted octanol–water partition coefficient (Wildman–Crippen LogP) is 1.66. The number of ether oxygens (including phenoxy) is 2. The highest BCUT2D eigenvalue weighted by Crippen LogP contribution is 2.17. The summed E-state index contributed by atoms with van der Waals surface area (Å²) in [6.45, 7) is 5.23. The summed E-state index contributed by atoms with van der Waals surface area (Å²) < 4.78 is 10.7. The molecule has 1 aromatic carbocycles. The molecule has 0 aromatic heterocycles. The Bertz CT molecular complexity index is 463. The van der Waals surface area contributed by atoms with Crippen molar-refractivity contribution in [1.29, 1.82) is 0 Å². The van der Waals surface area contributed by atoms with Gasteiger partial charge in [0, 0.05) is 13.0 Å². The molecule has 2 amide bonds. The van der Waals surface area contributed by atoms with Gasteiger partial charge in [0.05, 0.1) is 12.2 Å². The van der Waals surface area contributed by atoms with E-state index < -0.39 is 5.91 Å². The van der Waals surface area contributed by atoms with Crippen LogP contribution in [0, 0.1) is 0 Å². The predicted molar refractivity (Wildman–Crippen MR) is 78.9 cm³/mol. The Hall–Kier alpha value is -2.08. The molecule has 0 saturated carbocycles. The van der Waals surface area contributed by atoms with Crippen LogP contribution in [0.4, 0.5) is 0 Å². The van der Waals surface area contributed by atoms with Gasteiger partial charge in [-0.2, -0.15) is 0 Å². The van der Waals surface area contributed by atoms with Crippen LogP contribution in [0.1, 0.15) is 37.0 Å². The Morgan fingerprint density at radius 1 is 1.10 bits per heavy atom. The number of carbonyl (C=O) groups excluding carboxylic acids is 2. The first-order valence-corrected chi connectivity index (χ1v) is 7.07. The Labute approximate surface area is 124 Å². The molecule has 0 atom stereocenters. The van der Waals surface area contributed by atoms with Crippen molar-refractivity contribution in [2.75, 3.05) is 19.8 Å². The van der Waals surface area contributed by atoms with Gasteiger partial charge >= 0.3 is 0 Å². The maximum absolute atomic E-state index is 12.0. The normalized spacial score (nSPS) is 10.0. The van der Waals surface area contributed by atoms with E-state index in [4.69, 9.17) is 9.47 Å². The standard InChI is InChI=1S/C15H22N2O4/c1-3-7-14(18)16-17-15(19)12-8-5-6-9-13(12)21-11-10-20-4-2/h5-6,8-9H,3-4,7,10-11H2,1-2H3,(H,16,18)(H,17,19). The highest BCUT2D eigenvalue weighted by atomic mass is 16.5. The van der Waals surface area contributed by atoms with E-state index in [2.05, 4.69) is 10.9 Å². The molecule has 0 fully saturated rings. The third-order valence-corrected chi connectivity index (χ3v) is 2.61. The van der Waals surface area contributed by atoms with Gasteiger partial charge in [0.1, 0.15) is 12.4 Å². The van der Waals surface area contributed by atoms with Gasteiger partial charge in [-0.1, -0.05) is 19.1 Å². The zero-order valence-corrected chi connectivity index (χ0v) is 12.5. The molecule has 2 N–H and O–H groups in total. The molecule has 21 heavy (non-hydrogen) atoms. The van der Waals surface area contributed by atoms with E-state index in [1.54, 1.807) is 24.3 Å². The van der Waals surface area contributed by atoms with Crippen LogP contribution in [0.5, 0.6) is 5.75 Å². The Kier molecular flexibility index (Phi) is 7.89. The minimum absolute atomic E-state index is 0.222. The molecule has 6 nitrogen and oxygen atoms in total. The van der Waals surface area contributed by atoms with Gasteiger partial charge in [-0.25, -0.2) is 0 Å². The molecule has 0 unspecified atom stereocenters. The SMILES string of the molecule is CCCC(=O)NNC(=O)c1ccccc1OCCOCC. The van der Waals surface area contributed by atoms with Crippen molar-refractivity contribution in [3.05, 3.63) is 29.8 Å². The number of hydrogen-bond donors (Lipinski definition) is 2. The maximum Gasteiger partial charge on any atom is 0.273 e. The highest BCUT2D eigenvalue weighted by molar-refractivity contribution is 5.97. The summed E-state index contributed by atoms with van der Waals surface area (Å²) in [5, 5.41) is 0. The third-order valence-electron chi connectivity index (χ3n) is 2.61. The van der Waals surface area contributed by atoms with Crippen LogP contribution in [0.3, 0.4) is 0 Å². The van der Waals surface area contributed by atoms with Crippen molar-refractivity contribution >= 4 is 11.8 Å². The first kappa shape index (κ1) is 17.0. The topological polar surface area (TPSA) is 76.7 Å². The number of hydrazine groups is 1. The van der Waals surface area contributed by atoms with Crippen molar-refractivity contribution in [3.8, 4) is 5.75 Å². The largest absolute Gasteiger partial charge is 0.490 e. The van der Waals surface area contributed by atoms with E-state index >= 15 is 0 Å². The van der Waals surface area contributed by atoms with Crippen LogP contribution in [0.25, 0.3) is 0 Å². The van der Waals surface area contributed by atoms with Gasteiger partial charge in [-0.05, 0) is 25.5 Å². The fourth-order valence-corrected chi connectivity index (χ4v) is 1.62. The smallest absolute Gasteiger partial charge is 0.273 e. The molecule has 0 bridgehead atoms. The van der Waals surface area contributed by atoms with Crippen LogP contribution in [0.2, 0.25) is 0 Å². The van der Waals surface area contributed by atoms with Crippen molar-refractivity contribution in [1.82, 2.24) is 10.9 Å². The first-order valence-electron chi connectivity index (χ1n) is 7.07. The molecule has 0 saturated heterocycles. The molecule has 0 aliphatic heterocycles. The van der Waals surface area contributed by atoms with Crippen LogP contribution in [0.15, 0.2) is 24.3 Å². The lowest BCUT2D eigenvalue weighted by Gasteiger charge is -2.12. The molecular weight excluding hydrogens is 272 g/mol. The molecule has 0 heterocycles. The van der Waals surface area contributed by atoms with E-state index in [1.807, 2.05) is 13.8 Å². The van der Waals surface area contributed by atoms with Crippen molar-refractivity contribution < 1.29 is 19.1 Å². The minimum Gasteiger partial charge on any atom is -0.490 e. The highest BCUT2D eigenvalue weighted by Gasteiger charge is 2.12. The Morgan fingerprint density at radius 2 is 1.86 bits per heavy atom. The minimum atomic E-state index is -0.411. The molecule has 0 aliphatic rings. The third kappa shape index (κ3) is 6.27. The second kappa shape index (κ2) is 9.77. The summed E-state index contributed by atoms with van der Waals surface area (Å²) in [6, 6.07) is 6.85. The molecule has 0 radical (unpaired) electrons.